The molecule has 0 atom stereocenters. The highest BCUT2D eigenvalue weighted by atomic mass is 16.4. The van der Waals surface area contributed by atoms with Crippen molar-refractivity contribution in [3.05, 3.63) is 12.3 Å². The van der Waals surface area contributed by atoms with Crippen LogP contribution >= 0.6 is 0 Å². The van der Waals surface area contributed by atoms with Gasteiger partial charge in [-0.05, 0) is 19.2 Å². The molecule has 0 aromatic rings. The number of rotatable bonds is 1. The van der Waals surface area contributed by atoms with Gasteiger partial charge in [-0.1, -0.05) is 5.16 Å². The summed E-state index contributed by atoms with van der Waals surface area (Å²) in [6.45, 7) is 1.64. The largest absolute Gasteiger partial charge is 0.411 e. The fourth-order valence-corrected chi connectivity index (χ4v) is 0.173. The van der Waals surface area contributed by atoms with Crippen LogP contribution in [-0.4, -0.2) is 10.9 Å². The molecule has 0 aromatic carbocycles. The molecule has 3 N–H and O–H groups in total. The standard InChI is InChI=1S/C4H8N2O/c1-4(6-7)2-3-5/h2-3,7H,5H2,1H3/b3-2+,6-4-. The van der Waals surface area contributed by atoms with E-state index >= 15 is 0 Å². The second kappa shape index (κ2) is 3.21. The average Bonchev–Trinajstić information content (AvgIpc) is 1.68. The highest BCUT2D eigenvalue weighted by Crippen LogP contribution is 1.72. The SMILES string of the molecule is CC(/C=C/N)=N/O. The van der Waals surface area contributed by atoms with Crippen molar-refractivity contribution >= 4 is 5.71 Å². The molecule has 0 rings (SSSR count). The van der Waals surface area contributed by atoms with Gasteiger partial charge in [0, 0.05) is 0 Å². The van der Waals surface area contributed by atoms with Crippen molar-refractivity contribution in [2.45, 2.75) is 6.92 Å². The Balaban J connectivity index is 3.58. The molecular formula is C4H8N2O. The summed E-state index contributed by atoms with van der Waals surface area (Å²) in [5.41, 5.74) is 5.43. The number of allylic oxidation sites excluding steroid dienone is 1. The van der Waals surface area contributed by atoms with E-state index in [9.17, 15) is 0 Å². The second-order valence-electron chi connectivity index (χ2n) is 1.10. The lowest BCUT2D eigenvalue weighted by atomic mass is 10.4. The van der Waals surface area contributed by atoms with Gasteiger partial charge in [0.2, 0.25) is 0 Å². The molecular weight excluding hydrogens is 92.1 g/mol. The van der Waals surface area contributed by atoms with E-state index in [1.807, 2.05) is 0 Å². The molecule has 0 aromatic heterocycles. The number of nitrogens with two attached hydrogens (primary N) is 1. The predicted molar refractivity (Wildman–Crippen MR) is 28.2 cm³/mol. The Morgan fingerprint density at radius 1 is 1.86 bits per heavy atom. The van der Waals surface area contributed by atoms with Gasteiger partial charge in [-0.3, -0.25) is 0 Å². The molecule has 7 heavy (non-hydrogen) atoms. The summed E-state index contributed by atoms with van der Waals surface area (Å²) >= 11 is 0. The molecule has 0 fully saturated rings. The number of oxime groups is 1. The van der Waals surface area contributed by atoms with Crippen molar-refractivity contribution in [1.82, 2.24) is 0 Å². The van der Waals surface area contributed by atoms with Gasteiger partial charge in [0.15, 0.2) is 0 Å². The van der Waals surface area contributed by atoms with Crippen molar-refractivity contribution in [3.63, 3.8) is 0 Å². The van der Waals surface area contributed by atoms with Gasteiger partial charge in [-0.25, -0.2) is 0 Å². The number of nitrogens with zero attached hydrogens (tertiary/aromatic N) is 1. The van der Waals surface area contributed by atoms with Crippen molar-refractivity contribution in [2.24, 2.45) is 10.9 Å². The molecule has 0 aliphatic heterocycles. The lowest BCUT2D eigenvalue weighted by Gasteiger charge is -1.78. The molecule has 0 unspecified atom stereocenters. The maximum Gasteiger partial charge on any atom is 0.0779 e. The first-order chi connectivity index (χ1) is 3.31. The zero-order valence-corrected chi connectivity index (χ0v) is 4.13. The Bertz CT molecular complexity index is 95.9. The number of hydrogen-bond acceptors (Lipinski definition) is 3. The monoisotopic (exact) mass is 100 g/mol. The topological polar surface area (TPSA) is 58.6 Å². The third-order valence-electron chi connectivity index (χ3n) is 0.495. The van der Waals surface area contributed by atoms with Gasteiger partial charge in [-0.2, -0.15) is 0 Å². The lowest BCUT2D eigenvalue weighted by Crippen LogP contribution is -1.85. The maximum absolute atomic E-state index is 7.95. The van der Waals surface area contributed by atoms with E-state index in [-0.39, 0.29) is 0 Å². The van der Waals surface area contributed by atoms with Crippen LogP contribution in [0.5, 0.6) is 0 Å². The second-order valence-corrected chi connectivity index (χ2v) is 1.10. The van der Waals surface area contributed by atoms with Crippen molar-refractivity contribution < 1.29 is 5.21 Å². The molecule has 0 heterocycles. The summed E-state index contributed by atoms with van der Waals surface area (Å²) < 4.78 is 0. The third-order valence-corrected chi connectivity index (χ3v) is 0.495. The summed E-state index contributed by atoms with van der Waals surface area (Å²) in [4.78, 5) is 0. The third kappa shape index (κ3) is 2.82. The van der Waals surface area contributed by atoms with E-state index in [1.54, 1.807) is 6.92 Å². The van der Waals surface area contributed by atoms with E-state index in [4.69, 9.17) is 10.9 Å². The molecule has 0 aliphatic carbocycles. The predicted octanol–water partition coefficient (Wildman–Crippen LogP) is 0.309. The molecule has 0 radical (unpaired) electrons. The van der Waals surface area contributed by atoms with Gasteiger partial charge in [0.05, 0.1) is 5.71 Å². The molecule has 0 amide bonds. The van der Waals surface area contributed by atoms with Gasteiger partial charge >= 0.3 is 0 Å². The minimum absolute atomic E-state index is 0.502. The fraction of sp³-hybridized carbons (Fsp3) is 0.250. The van der Waals surface area contributed by atoms with E-state index in [2.05, 4.69) is 5.16 Å². The van der Waals surface area contributed by atoms with Crippen LogP contribution in [0.2, 0.25) is 0 Å². The summed E-state index contributed by atoms with van der Waals surface area (Å²) in [5.74, 6) is 0. The lowest BCUT2D eigenvalue weighted by molar-refractivity contribution is 0.319. The Morgan fingerprint density at radius 2 is 2.43 bits per heavy atom. The molecule has 0 bridgehead atoms. The molecule has 0 spiro atoms. The zero-order valence-electron chi connectivity index (χ0n) is 4.13. The minimum atomic E-state index is 0.502. The highest BCUT2D eigenvalue weighted by molar-refractivity contribution is 5.91. The molecule has 0 saturated carbocycles. The van der Waals surface area contributed by atoms with Crippen LogP contribution in [0.3, 0.4) is 0 Å². The zero-order chi connectivity index (χ0) is 5.70. The minimum Gasteiger partial charge on any atom is -0.411 e. The first-order valence-electron chi connectivity index (χ1n) is 1.88. The normalized spacial score (nSPS) is 13.0. The summed E-state index contributed by atoms with van der Waals surface area (Å²) in [5, 5.41) is 10.8. The molecule has 3 heteroatoms. The van der Waals surface area contributed by atoms with Gasteiger partial charge in [0.1, 0.15) is 0 Å². The Morgan fingerprint density at radius 3 is 2.57 bits per heavy atom. The molecule has 40 valence electrons. The van der Waals surface area contributed by atoms with Crippen molar-refractivity contribution in [1.29, 1.82) is 0 Å². The van der Waals surface area contributed by atoms with Crippen LogP contribution in [0.15, 0.2) is 17.4 Å². The van der Waals surface area contributed by atoms with E-state index in [0.717, 1.165) is 0 Å². The quantitative estimate of drug-likeness (QED) is 0.283. The van der Waals surface area contributed by atoms with Crippen molar-refractivity contribution in [3.8, 4) is 0 Å². The molecule has 0 saturated heterocycles. The number of hydrogen-bond donors (Lipinski definition) is 2. The molecule has 3 nitrogen and oxygen atoms in total. The van der Waals surface area contributed by atoms with Crippen LogP contribution in [-0.2, 0) is 0 Å². The average molecular weight is 100 g/mol. The summed E-state index contributed by atoms with van der Waals surface area (Å²) in [7, 11) is 0. The van der Waals surface area contributed by atoms with Crippen LogP contribution in [0.25, 0.3) is 0 Å². The first kappa shape index (κ1) is 6.01. The smallest absolute Gasteiger partial charge is 0.0779 e. The van der Waals surface area contributed by atoms with Crippen LogP contribution in [0.4, 0.5) is 0 Å². The summed E-state index contributed by atoms with van der Waals surface area (Å²) in [6.07, 6.45) is 2.81. The highest BCUT2D eigenvalue weighted by Gasteiger charge is 1.74. The van der Waals surface area contributed by atoms with Crippen LogP contribution in [0.1, 0.15) is 6.92 Å². The van der Waals surface area contributed by atoms with Gasteiger partial charge in [-0.15, -0.1) is 0 Å². The van der Waals surface area contributed by atoms with Crippen LogP contribution in [0, 0.1) is 0 Å². The van der Waals surface area contributed by atoms with E-state index < -0.39 is 0 Å². The van der Waals surface area contributed by atoms with Gasteiger partial charge < -0.3 is 10.9 Å². The van der Waals surface area contributed by atoms with E-state index in [1.165, 1.54) is 12.3 Å². The Kier molecular flexibility index (Phi) is 2.76. The van der Waals surface area contributed by atoms with Crippen molar-refractivity contribution in [2.75, 3.05) is 0 Å². The van der Waals surface area contributed by atoms with Crippen LogP contribution < -0.4 is 5.73 Å². The fourth-order valence-electron chi connectivity index (χ4n) is 0.173. The molecule has 0 aliphatic rings. The van der Waals surface area contributed by atoms with E-state index in [0.29, 0.717) is 5.71 Å². The summed E-state index contributed by atoms with van der Waals surface area (Å²) in [6, 6.07) is 0. The Labute approximate surface area is 42.1 Å². The Hall–Kier alpha value is -0.990. The maximum atomic E-state index is 7.95. The van der Waals surface area contributed by atoms with Gasteiger partial charge in [0.25, 0.3) is 0 Å². The first-order valence-corrected chi connectivity index (χ1v) is 1.88.